The SMILES string of the molecule is CCOc1cnc(NC(=O)N(C)[C@@H]2CCCN(c3nccc(NC(=O)O[C@H]4CCN(C)C[C@H]4F)n3)C2)cn1. The average molecular weight is 532 g/mol. The molecule has 2 aromatic rings. The molecule has 3 atom stereocenters. The highest BCUT2D eigenvalue weighted by Gasteiger charge is 2.31. The fourth-order valence-electron chi connectivity index (χ4n) is 4.43. The first kappa shape index (κ1) is 27.2. The maximum atomic E-state index is 14.2. The normalized spacial score (nSPS) is 21.9. The number of urea groups is 1. The third-order valence-electron chi connectivity index (χ3n) is 6.52. The Morgan fingerprint density at radius 2 is 1.97 bits per heavy atom. The van der Waals surface area contributed by atoms with Crippen molar-refractivity contribution in [1.82, 2.24) is 29.7 Å². The van der Waals surface area contributed by atoms with Crippen molar-refractivity contribution in [3.63, 3.8) is 0 Å². The molecule has 3 amide bonds. The molecule has 14 heteroatoms. The van der Waals surface area contributed by atoms with Crippen molar-refractivity contribution < 1.29 is 23.5 Å². The molecule has 0 radical (unpaired) electrons. The predicted molar refractivity (Wildman–Crippen MR) is 138 cm³/mol. The minimum Gasteiger partial charge on any atom is -0.477 e. The summed E-state index contributed by atoms with van der Waals surface area (Å²) in [6, 6.07) is 1.13. The quantitative estimate of drug-likeness (QED) is 0.548. The van der Waals surface area contributed by atoms with E-state index in [1.807, 2.05) is 23.8 Å². The average Bonchev–Trinajstić information content (AvgIpc) is 2.91. The summed E-state index contributed by atoms with van der Waals surface area (Å²) in [5.41, 5.74) is 0. The molecule has 0 aliphatic carbocycles. The summed E-state index contributed by atoms with van der Waals surface area (Å²) < 4.78 is 24.8. The van der Waals surface area contributed by atoms with Crippen LogP contribution in [-0.4, -0.2) is 107 Å². The van der Waals surface area contributed by atoms with Gasteiger partial charge in [0.15, 0.2) is 5.82 Å². The Morgan fingerprint density at radius 1 is 1.13 bits per heavy atom. The highest BCUT2D eigenvalue weighted by Crippen LogP contribution is 2.22. The van der Waals surface area contributed by atoms with E-state index in [2.05, 4.69) is 30.6 Å². The highest BCUT2D eigenvalue weighted by molar-refractivity contribution is 5.88. The fourth-order valence-corrected chi connectivity index (χ4v) is 4.43. The number of hydrogen-bond acceptors (Lipinski definition) is 10. The van der Waals surface area contributed by atoms with Crippen molar-refractivity contribution >= 4 is 29.7 Å². The topological polar surface area (TPSA) is 138 Å². The summed E-state index contributed by atoms with van der Waals surface area (Å²) in [6.07, 6.45) is 3.73. The van der Waals surface area contributed by atoms with Gasteiger partial charge in [-0.15, -0.1) is 0 Å². The van der Waals surface area contributed by atoms with E-state index in [1.165, 1.54) is 18.6 Å². The first-order chi connectivity index (χ1) is 18.3. The number of piperidine rings is 2. The van der Waals surface area contributed by atoms with Crippen LogP contribution >= 0.6 is 0 Å². The van der Waals surface area contributed by atoms with Crippen molar-refractivity contribution in [3.8, 4) is 5.88 Å². The van der Waals surface area contributed by atoms with Gasteiger partial charge < -0.3 is 24.2 Å². The number of likely N-dealkylation sites (tertiary alicyclic amines) is 1. The third-order valence-corrected chi connectivity index (χ3v) is 6.52. The van der Waals surface area contributed by atoms with E-state index in [-0.39, 0.29) is 24.4 Å². The molecule has 0 aromatic carbocycles. The summed E-state index contributed by atoms with van der Waals surface area (Å²) in [5.74, 6) is 1.39. The number of rotatable bonds is 7. The molecule has 2 aliphatic rings. The Labute approximate surface area is 220 Å². The van der Waals surface area contributed by atoms with Crippen LogP contribution in [0.2, 0.25) is 0 Å². The lowest BCUT2D eigenvalue weighted by Crippen LogP contribution is -2.50. The predicted octanol–water partition coefficient (Wildman–Crippen LogP) is 2.39. The van der Waals surface area contributed by atoms with Crippen LogP contribution in [0.5, 0.6) is 5.88 Å². The molecule has 38 heavy (non-hydrogen) atoms. The molecule has 2 N–H and O–H groups in total. The number of carbonyl (C=O) groups excluding carboxylic acids is 2. The van der Waals surface area contributed by atoms with Crippen LogP contribution in [0.15, 0.2) is 24.7 Å². The van der Waals surface area contributed by atoms with Crippen LogP contribution in [0.4, 0.5) is 31.6 Å². The molecular weight excluding hydrogens is 497 g/mol. The molecule has 2 aromatic heterocycles. The lowest BCUT2D eigenvalue weighted by Gasteiger charge is -2.37. The van der Waals surface area contributed by atoms with E-state index < -0.39 is 18.4 Å². The van der Waals surface area contributed by atoms with Crippen LogP contribution in [0.1, 0.15) is 26.2 Å². The number of nitrogens with zero attached hydrogens (tertiary/aromatic N) is 7. The van der Waals surface area contributed by atoms with E-state index in [0.717, 1.165) is 12.8 Å². The lowest BCUT2D eigenvalue weighted by atomic mass is 10.1. The number of ether oxygens (including phenoxy) is 2. The molecule has 206 valence electrons. The standard InChI is InChI=1S/C24H34FN9O4/c1-4-37-21-13-27-20(12-28-21)30-23(35)33(3)16-6-5-10-34(14-16)22-26-9-7-19(29-22)31-24(36)38-18-8-11-32(2)15-17(18)25/h7,9,12-13,16-18H,4-6,8,10-11,14-15H2,1-3H3,(H,27,30,35)(H,26,29,31,36)/t16-,17-,18+/m1/s1. The van der Waals surface area contributed by atoms with Gasteiger partial charge in [-0.3, -0.25) is 10.6 Å². The highest BCUT2D eigenvalue weighted by atomic mass is 19.1. The zero-order valence-corrected chi connectivity index (χ0v) is 21.8. The van der Waals surface area contributed by atoms with Gasteiger partial charge in [-0.05, 0) is 32.9 Å². The summed E-state index contributed by atoms with van der Waals surface area (Å²) in [6.45, 7) is 4.42. The number of anilines is 3. The zero-order valence-electron chi connectivity index (χ0n) is 21.8. The smallest absolute Gasteiger partial charge is 0.413 e. The first-order valence-corrected chi connectivity index (χ1v) is 12.7. The number of likely N-dealkylation sites (N-methyl/N-ethyl adjacent to an activating group) is 1. The summed E-state index contributed by atoms with van der Waals surface area (Å²) >= 11 is 0. The summed E-state index contributed by atoms with van der Waals surface area (Å²) in [5, 5.41) is 5.33. The van der Waals surface area contributed by atoms with E-state index in [0.29, 0.717) is 50.3 Å². The van der Waals surface area contributed by atoms with Gasteiger partial charge in [0.25, 0.3) is 0 Å². The van der Waals surface area contributed by atoms with Crippen LogP contribution < -0.4 is 20.3 Å². The van der Waals surface area contributed by atoms with Crippen molar-refractivity contribution in [2.45, 2.75) is 44.5 Å². The number of alkyl halides is 1. The minimum absolute atomic E-state index is 0.101. The minimum atomic E-state index is -1.23. The largest absolute Gasteiger partial charge is 0.477 e. The number of aromatic nitrogens is 4. The molecule has 0 spiro atoms. The number of hydrogen-bond donors (Lipinski definition) is 2. The van der Waals surface area contributed by atoms with Crippen LogP contribution in [0, 0.1) is 0 Å². The fraction of sp³-hybridized carbons (Fsp3) is 0.583. The van der Waals surface area contributed by atoms with Crippen molar-refractivity contribution in [2.24, 2.45) is 0 Å². The number of nitrogens with one attached hydrogen (secondary N) is 2. The monoisotopic (exact) mass is 531 g/mol. The molecule has 0 bridgehead atoms. The Hall–Kier alpha value is -3.81. The maximum Gasteiger partial charge on any atom is 0.413 e. The second-order valence-corrected chi connectivity index (χ2v) is 9.33. The van der Waals surface area contributed by atoms with Gasteiger partial charge in [0.2, 0.25) is 11.8 Å². The van der Waals surface area contributed by atoms with Crippen LogP contribution in [0.3, 0.4) is 0 Å². The number of carbonyl (C=O) groups is 2. The van der Waals surface area contributed by atoms with E-state index in [4.69, 9.17) is 9.47 Å². The zero-order chi connectivity index (χ0) is 27.1. The van der Waals surface area contributed by atoms with E-state index >= 15 is 0 Å². The molecule has 2 aliphatic heterocycles. The van der Waals surface area contributed by atoms with Crippen LogP contribution in [0.25, 0.3) is 0 Å². The molecule has 4 heterocycles. The molecular formula is C24H34FN9O4. The third kappa shape index (κ3) is 7.15. The first-order valence-electron chi connectivity index (χ1n) is 12.7. The number of amides is 3. The summed E-state index contributed by atoms with van der Waals surface area (Å²) in [7, 11) is 3.55. The Kier molecular flexibility index (Phi) is 9.05. The molecule has 2 fully saturated rings. The Bertz CT molecular complexity index is 1090. The van der Waals surface area contributed by atoms with Crippen LogP contribution in [-0.2, 0) is 4.74 Å². The summed E-state index contributed by atoms with van der Waals surface area (Å²) in [4.78, 5) is 47.7. The molecule has 0 saturated carbocycles. The second-order valence-electron chi connectivity index (χ2n) is 9.33. The Balaban J connectivity index is 1.31. The van der Waals surface area contributed by atoms with Crippen molar-refractivity contribution in [2.75, 3.05) is 62.4 Å². The van der Waals surface area contributed by atoms with Gasteiger partial charge in [0, 0.05) is 45.8 Å². The molecule has 0 unspecified atom stereocenters. The van der Waals surface area contributed by atoms with E-state index in [9.17, 15) is 14.0 Å². The lowest BCUT2D eigenvalue weighted by molar-refractivity contribution is 0.00405. The van der Waals surface area contributed by atoms with Crippen molar-refractivity contribution in [1.29, 1.82) is 0 Å². The molecule has 2 saturated heterocycles. The van der Waals surface area contributed by atoms with Gasteiger partial charge >= 0.3 is 12.1 Å². The van der Waals surface area contributed by atoms with Gasteiger partial charge in [0.1, 0.15) is 18.1 Å². The van der Waals surface area contributed by atoms with Crippen molar-refractivity contribution in [3.05, 3.63) is 24.7 Å². The van der Waals surface area contributed by atoms with Gasteiger partial charge in [-0.1, -0.05) is 0 Å². The molecule has 13 nitrogen and oxygen atoms in total. The maximum absolute atomic E-state index is 14.2. The van der Waals surface area contributed by atoms with E-state index in [1.54, 1.807) is 18.0 Å². The molecule has 4 rings (SSSR count). The Morgan fingerprint density at radius 3 is 2.71 bits per heavy atom. The number of halogens is 1. The van der Waals surface area contributed by atoms with Gasteiger partial charge in [0.05, 0.1) is 25.0 Å². The van der Waals surface area contributed by atoms with Gasteiger partial charge in [-0.2, -0.15) is 4.98 Å². The second kappa shape index (κ2) is 12.6. The van der Waals surface area contributed by atoms with Gasteiger partial charge in [-0.25, -0.2) is 28.9 Å².